The molecule has 3 rings (SSSR count). The number of anilines is 1. The Morgan fingerprint density at radius 3 is 3.04 bits per heavy atom. The van der Waals surface area contributed by atoms with E-state index in [0.29, 0.717) is 23.1 Å². The number of rotatable bonds is 6. The van der Waals surface area contributed by atoms with Crippen LogP contribution in [-0.4, -0.2) is 31.9 Å². The average molecular weight is 368 g/mol. The smallest absolute Gasteiger partial charge is 0.234 e. The second kappa shape index (κ2) is 7.45. The minimum absolute atomic E-state index is 0.0756. The van der Waals surface area contributed by atoms with Crippen LogP contribution in [0.2, 0.25) is 5.02 Å². The Labute approximate surface area is 145 Å². The van der Waals surface area contributed by atoms with E-state index in [9.17, 15) is 9.18 Å². The molecule has 1 aromatic carbocycles. The van der Waals surface area contributed by atoms with Crippen LogP contribution in [0.1, 0.15) is 5.76 Å². The second-order valence-corrected chi connectivity index (χ2v) is 6.01. The van der Waals surface area contributed by atoms with E-state index in [1.807, 2.05) is 0 Å². The molecule has 0 aliphatic carbocycles. The highest BCUT2D eigenvalue weighted by atomic mass is 35.5. The first-order chi connectivity index (χ1) is 11.6. The van der Waals surface area contributed by atoms with E-state index in [1.165, 1.54) is 28.6 Å². The third-order valence-corrected chi connectivity index (χ3v) is 4.19. The number of aromatic nitrogens is 4. The highest BCUT2D eigenvalue weighted by Crippen LogP contribution is 2.23. The van der Waals surface area contributed by atoms with Crippen molar-refractivity contribution < 1.29 is 13.6 Å². The van der Waals surface area contributed by atoms with Crippen molar-refractivity contribution in [2.24, 2.45) is 0 Å². The molecule has 10 heteroatoms. The first-order valence-electron chi connectivity index (χ1n) is 6.78. The normalized spacial score (nSPS) is 10.8. The van der Waals surface area contributed by atoms with E-state index in [0.717, 1.165) is 6.07 Å². The summed E-state index contributed by atoms with van der Waals surface area (Å²) in [7, 11) is 0. The summed E-state index contributed by atoms with van der Waals surface area (Å²) in [4.78, 5) is 12.0. The van der Waals surface area contributed by atoms with Gasteiger partial charge in [0, 0.05) is 0 Å². The number of hydrogen-bond acceptors (Lipinski definition) is 6. The molecule has 0 bridgehead atoms. The van der Waals surface area contributed by atoms with Crippen molar-refractivity contribution in [2.75, 3.05) is 11.1 Å². The molecule has 0 radical (unpaired) electrons. The lowest BCUT2D eigenvalue weighted by molar-refractivity contribution is -0.113. The third kappa shape index (κ3) is 4.12. The minimum Gasteiger partial charge on any atom is -0.467 e. The minimum atomic E-state index is -0.468. The quantitative estimate of drug-likeness (QED) is 0.674. The molecule has 1 amide bonds. The van der Waals surface area contributed by atoms with Gasteiger partial charge in [-0.25, -0.2) is 9.07 Å². The molecule has 0 fully saturated rings. The summed E-state index contributed by atoms with van der Waals surface area (Å²) in [6.07, 6.45) is 1.56. The number of hydrogen-bond donors (Lipinski definition) is 1. The van der Waals surface area contributed by atoms with E-state index in [-0.39, 0.29) is 16.7 Å². The number of halogens is 2. The van der Waals surface area contributed by atoms with Crippen LogP contribution in [0.5, 0.6) is 0 Å². The molecular formula is C14H11ClFN5O2S. The lowest BCUT2D eigenvalue weighted by atomic mass is 10.3. The number of amides is 1. The van der Waals surface area contributed by atoms with Crippen LogP contribution in [-0.2, 0) is 11.3 Å². The summed E-state index contributed by atoms with van der Waals surface area (Å²) < 4.78 is 19.8. The van der Waals surface area contributed by atoms with Crippen LogP contribution in [0.15, 0.2) is 46.2 Å². The van der Waals surface area contributed by atoms with Crippen molar-refractivity contribution >= 4 is 35.0 Å². The molecule has 24 heavy (non-hydrogen) atoms. The van der Waals surface area contributed by atoms with Crippen molar-refractivity contribution in [3.63, 3.8) is 0 Å². The first-order valence-corrected chi connectivity index (χ1v) is 8.14. The van der Waals surface area contributed by atoms with Gasteiger partial charge in [0.05, 0.1) is 22.7 Å². The molecule has 0 spiro atoms. The van der Waals surface area contributed by atoms with Crippen molar-refractivity contribution in [1.82, 2.24) is 20.2 Å². The predicted molar refractivity (Wildman–Crippen MR) is 86.4 cm³/mol. The van der Waals surface area contributed by atoms with E-state index >= 15 is 0 Å². The zero-order valence-corrected chi connectivity index (χ0v) is 13.7. The summed E-state index contributed by atoms with van der Waals surface area (Å²) in [5, 5.41) is 14.5. The Morgan fingerprint density at radius 1 is 1.42 bits per heavy atom. The van der Waals surface area contributed by atoms with Crippen molar-refractivity contribution in [2.45, 2.75) is 11.7 Å². The lowest BCUT2D eigenvalue weighted by Gasteiger charge is -2.07. The van der Waals surface area contributed by atoms with Gasteiger partial charge >= 0.3 is 0 Å². The van der Waals surface area contributed by atoms with Gasteiger partial charge in [-0.15, -0.1) is 5.10 Å². The Bertz CT molecular complexity index is 840. The Morgan fingerprint density at radius 2 is 2.29 bits per heavy atom. The number of carbonyl (C=O) groups excluding carboxylic acids is 1. The fourth-order valence-corrected chi connectivity index (χ4v) is 2.75. The lowest BCUT2D eigenvalue weighted by Crippen LogP contribution is -2.15. The van der Waals surface area contributed by atoms with E-state index in [1.54, 1.807) is 18.4 Å². The van der Waals surface area contributed by atoms with Gasteiger partial charge in [-0.2, -0.15) is 0 Å². The predicted octanol–water partition coefficient (Wildman–Crippen LogP) is 2.84. The molecule has 7 nitrogen and oxygen atoms in total. The van der Waals surface area contributed by atoms with Gasteiger partial charge in [-0.1, -0.05) is 23.4 Å². The topological polar surface area (TPSA) is 85.8 Å². The van der Waals surface area contributed by atoms with E-state index in [4.69, 9.17) is 16.0 Å². The highest BCUT2D eigenvalue weighted by molar-refractivity contribution is 7.99. The highest BCUT2D eigenvalue weighted by Gasteiger charge is 2.12. The SMILES string of the molecule is O=C(CSc1nnnn1Cc1ccco1)Nc1ccc(F)cc1Cl. The molecular weight excluding hydrogens is 357 g/mol. The molecule has 0 aliphatic rings. The summed E-state index contributed by atoms with van der Waals surface area (Å²) in [5.74, 6) is 0.00362. The van der Waals surface area contributed by atoms with Gasteiger partial charge in [-0.05, 0) is 40.8 Å². The summed E-state index contributed by atoms with van der Waals surface area (Å²) >= 11 is 7.04. The van der Waals surface area contributed by atoms with Gasteiger partial charge in [0.1, 0.15) is 18.1 Å². The van der Waals surface area contributed by atoms with Crippen LogP contribution in [0.3, 0.4) is 0 Å². The monoisotopic (exact) mass is 367 g/mol. The number of nitrogens with zero attached hydrogens (tertiary/aromatic N) is 4. The number of thioether (sulfide) groups is 1. The zero-order valence-electron chi connectivity index (χ0n) is 12.1. The van der Waals surface area contributed by atoms with Gasteiger partial charge in [0.15, 0.2) is 0 Å². The number of benzene rings is 1. The summed E-state index contributed by atoms with van der Waals surface area (Å²) in [5.41, 5.74) is 0.346. The number of furan rings is 1. The second-order valence-electron chi connectivity index (χ2n) is 4.66. The Hall–Kier alpha value is -2.39. The third-order valence-electron chi connectivity index (χ3n) is 2.92. The van der Waals surface area contributed by atoms with Gasteiger partial charge < -0.3 is 9.73 Å². The fourth-order valence-electron chi connectivity index (χ4n) is 1.86. The van der Waals surface area contributed by atoms with Crippen LogP contribution in [0, 0.1) is 5.82 Å². The first kappa shape index (κ1) is 16.5. The maximum Gasteiger partial charge on any atom is 0.234 e. The number of tetrazole rings is 1. The number of carbonyl (C=O) groups is 1. The molecule has 2 aromatic heterocycles. The van der Waals surface area contributed by atoms with Crippen molar-refractivity contribution in [3.8, 4) is 0 Å². The molecule has 0 unspecified atom stereocenters. The van der Waals surface area contributed by atoms with Gasteiger partial charge in [0.25, 0.3) is 0 Å². The Kier molecular flexibility index (Phi) is 5.11. The number of nitrogens with one attached hydrogen (secondary N) is 1. The van der Waals surface area contributed by atoms with Gasteiger partial charge in [-0.3, -0.25) is 4.79 Å². The largest absolute Gasteiger partial charge is 0.467 e. The van der Waals surface area contributed by atoms with Crippen molar-refractivity contribution in [3.05, 3.63) is 53.2 Å². The molecule has 0 aliphatic heterocycles. The maximum absolute atomic E-state index is 13.0. The average Bonchev–Trinajstić information content (AvgIpc) is 3.20. The van der Waals surface area contributed by atoms with Gasteiger partial charge in [0.2, 0.25) is 11.1 Å². The van der Waals surface area contributed by atoms with Crippen LogP contribution < -0.4 is 5.32 Å². The molecule has 3 aromatic rings. The summed E-state index contributed by atoms with van der Waals surface area (Å²) in [6.45, 7) is 0.369. The van der Waals surface area contributed by atoms with E-state index in [2.05, 4.69) is 20.8 Å². The van der Waals surface area contributed by atoms with Crippen molar-refractivity contribution in [1.29, 1.82) is 0 Å². The molecule has 0 atom stereocenters. The molecule has 2 heterocycles. The van der Waals surface area contributed by atoms with Crippen LogP contribution in [0.25, 0.3) is 0 Å². The maximum atomic E-state index is 13.0. The molecule has 0 saturated heterocycles. The molecule has 1 N–H and O–H groups in total. The van der Waals surface area contributed by atoms with E-state index < -0.39 is 5.82 Å². The van der Waals surface area contributed by atoms with Crippen LogP contribution in [0.4, 0.5) is 10.1 Å². The zero-order chi connectivity index (χ0) is 16.9. The Balaban J connectivity index is 1.58. The molecule has 0 saturated carbocycles. The molecule has 124 valence electrons. The fraction of sp³-hybridized carbons (Fsp3) is 0.143. The summed E-state index contributed by atoms with van der Waals surface area (Å²) in [6, 6.07) is 7.33. The standard InChI is InChI=1S/C14H11ClFN5O2S/c15-11-6-9(16)3-4-12(11)17-13(22)8-24-14-18-19-20-21(14)7-10-2-1-5-23-10/h1-6H,7-8H2,(H,17,22). The van der Waals surface area contributed by atoms with Crippen LogP contribution >= 0.6 is 23.4 Å².